The highest BCUT2D eigenvalue weighted by molar-refractivity contribution is 7.90. The first-order valence-electron chi connectivity index (χ1n) is 6.03. The second-order valence-electron chi connectivity index (χ2n) is 4.39. The van der Waals surface area contributed by atoms with Gasteiger partial charge in [-0.1, -0.05) is 25.1 Å². The van der Waals surface area contributed by atoms with Gasteiger partial charge >= 0.3 is 16.2 Å². The van der Waals surface area contributed by atoms with Gasteiger partial charge in [-0.2, -0.15) is 13.1 Å². The predicted octanol–water partition coefficient (Wildman–Crippen LogP) is 0.919. The van der Waals surface area contributed by atoms with Crippen molar-refractivity contribution < 1.29 is 18.3 Å². The van der Waals surface area contributed by atoms with Gasteiger partial charge in [0.25, 0.3) is 0 Å². The van der Waals surface area contributed by atoms with Gasteiger partial charge in [0.1, 0.15) is 0 Å². The Morgan fingerprint density at radius 2 is 2.16 bits per heavy atom. The van der Waals surface area contributed by atoms with Gasteiger partial charge in [0.2, 0.25) is 0 Å². The van der Waals surface area contributed by atoms with Crippen molar-refractivity contribution >= 4 is 21.9 Å². The second-order valence-corrected chi connectivity index (χ2v) is 6.07. The summed E-state index contributed by atoms with van der Waals surface area (Å²) in [5.41, 5.74) is 1.33. The van der Waals surface area contributed by atoms with E-state index in [1.807, 2.05) is 0 Å². The predicted molar refractivity (Wildman–Crippen MR) is 71.4 cm³/mol. The van der Waals surface area contributed by atoms with Crippen LogP contribution in [0.15, 0.2) is 24.3 Å². The van der Waals surface area contributed by atoms with Crippen molar-refractivity contribution in [2.45, 2.75) is 19.3 Å². The van der Waals surface area contributed by atoms with Gasteiger partial charge in [0.05, 0.1) is 12.1 Å². The molecule has 0 amide bonds. The number of carboxylic acids is 1. The maximum Gasteiger partial charge on any atom is 0.304 e. The van der Waals surface area contributed by atoms with Gasteiger partial charge in [-0.05, 0) is 11.6 Å². The standard InChI is InChI=1S/C12H16N2O4S/c1-2-13-19(17,18)14-8-9(7-12(15)16)10-5-3-4-6-11(10)14/h3-6,9,13H,2,7-8H2,1H3,(H,15,16). The Hall–Kier alpha value is -1.60. The number of fused-ring (bicyclic) bond motifs is 1. The van der Waals surface area contributed by atoms with Crippen molar-refractivity contribution in [3.8, 4) is 0 Å². The molecule has 0 aromatic heterocycles. The van der Waals surface area contributed by atoms with Crippen LogP contribution in [0.1, 0.15) is 24.8 Å². The lowest BCUT2D eigenvalue weighted by Crippen LogP contribution is -2.40. The SMILES string of the molecule is CCNS(=O)(=O)N1CC(CC(=O)O)c2ccccc21. The summed E-state index contributed by atoms with van der Waals surface area (Å²) in [4.78, 5) is 10.9. The zero-order valence-electron chi connectivity index (χ0n) is 10.5. The molecule has 2 rings (SSSR count). The average molecular weight is 284 g/mol. The van der Waals surface area contributed by atoms with E-state index in [0.717, 1.165) is 5.56 Å². The molecular weight excluding hydrogens is 268 g/mol. The van der Waals surface area contributed by atoms with Crippen LogP contribution in [0.3, 0.4) is 0 Å². The Morgan fingerprint density at radius 1 is 1.47 bits per heavy atom. The Labute approximate surface area is 112 Å². The number of para-hydroxylation sites is 1. The fraction of sp³-hybridized carbons (Fsp3) is 0.417. The highest BCUT2D eigenvalue weighted by Gasteiger charge is 2.35. The molecule has 1 atom stereocenters. The summed E-state index contributed by atoms with van der Waals surface area (Å²) in [6.07, 6.45) is -0.0742. The van der Waals surface area contributed by atoms with Crippen molar-refractivity contribution in [1.82, 2.24) is 4.72 Å². The number of nitrogens with zero attached hydrogens (tertiary/aromatic N) is 1. The van der Waals surface area contributed by atoms with Crippen LogP contribution in [-0.4, -0.2) is 32.6 Å². The number of anilines is 1. The summed E-state index contributed by atoms with van der Waals surface area (Å²) >= 11 is 0. The monoisotopic (exact) mass is 284 g/mol. The van der Waals surface area contributed by atoms with E-state index in [0.29, 0.717) is 12.2 Å². The molecule has 1 unspecified atom stereocenters. The normalized spacial score (nSPS) is 18.4. The minimum atomic E-state index is -3.60. The molecule has 1 aromatic carbocycles. The van der Waals surface area contributed by atoms with Crippen LogP contribution in [0.25, 0.3) is 0 Å². The van der Waals surface area contributed by atoms with Crippen molar-refractivity contribution in [2.75, 3.05) is 17.4 Å². The smallest absolute Gasteiger partial charge is 0.304 e. The number of aliphatic carboxylic acids is 1. The Balaban J connectivity index is 2.38. The molecule has 0 fully saturated rings. The molecule has 104 valence electrons. The van der Waals surface area contributed by atoms with Crippen LogP contribution in [-0.2, 0) is 15.0 Å². The van der Waals surface area contributed by atoms with Gasteiger partial charge in [-0.3, -0.25) is 9.10 Å². The minimum absolute atomic E-state index is 0.0742. The summed E-state index contributed by atoms with van der Waals surface area (Å²) in [5.74, 6) is -1.23. The quantitative estimate of drug-likeness (QED) is 0.841. The molecule has 0 saturated heterocycles. The lowest BCUT2D eigenvalue weighted by atomic mass is 9.98. The highest BCUT2D eigenvalue weighted by atomic mass is 32.2. The van der Waals surface area contributed by atoms with Crippen LogP contribution < -0.4 is 9.03 Å². The number of benzene rings is 1. The number of nitrogens with one attached hydrogen (secondary N) is 1. The molecule has 0 bridgehead atoms. The Morgan fingerprint density at radius 3 is 2.79 bits per heavy atom. The van der Waals surface area contributed by atoms with Crippen LogP contribution >= 0.6 is 0 Å². The number of carboxylic acid groups (broad SMARTS) is 1. The molecule has 0 saturated carbocycles. The molecule has 2 N–H and O–H groups in total. The third kappa shape index (κ3) is 2.71. The van der Waals surface area contributed by atoms with Crippen molar-refractivity contribution in [1.29, 1.82) is 0 Å². The summed E-state index contributed by atoms with van der Waals surface area (Å²) in [6.45, 7) is 2.17. The van der Waals surface area contributed by atoms with Crippen molar-refractivity contribution in [3.63, 3.8) is 0 Å². The molecule has 7 heteroatoms. The van der Waals surface area contributed by atoms with Crippen molar-refractivity contribution in [3.05, 3.63) is 29.8 Å². The third-order valence-corrected chi connectivity index (χ3v) is 4.65. The number of hydrogen-bond donors (Lipinski definition) is 2. The maximum atomic E-state index is 12.1. The van der Waals surface area contributed by atoms with Crippen LogP contribution in [0, 0.1) is 0 Å². The summed E-state index contributed by atoms with van der Waals surface area (Å²) in [6, 6.07) is 7.02. The van der Waals surface area contributed by atoms with Gasteiger partial charge in [0.15, 0.2) is 0 Å². The van der Waals surface area contributed by atoms with E-state index >= 15 is 0 Å². The summed E-state index contributed by atoms with van der Waals surface area (Å²) < 4.78 is 27.9. The molecule has 0 radical (unpaired) electrons. The molecule has 1 aliphatic rings. The Bertz CT molecular complexity index is 585. The third-order valence-electron chi connectivity index (χ3n) is 3.07. The first-order chi connectivity index (χ1) is 8.95. The first kappa shape index (κ1) is 13.8. The van der Waals surface area contributed by atoms with E-state index in [1.54, 1.807) is 31.2 Å². The van der Waals surface area contributed by atoms with E-state index in [1.165, 1.54) is 4.31 Å². The first-order valence-corrected chi connectivity index (χ1v) is 7.47. The van der Waals surface area contributed by atoms with E-state index in [9.17, 15) is 13.2 Å². The molecule has 6 nitrogen and oxygen atoms in total. The van der Waals surface area contributed by atoms with E-state index in [2.05, 4.69) is 4.72 Å². The van der Waals surface area contributed by atoms with Crippen molar-refractivity contribution in [2.24, 2.45) is 0 Å². The molecule has 0 aliphatic carbocycles. The number of carbonyl (C=O) groups is 1. The topological polar surface area (TPSA) is 86.7 Å². The van der Waals surface area contributed by atoms with Gasteiger partial charge < -0.3 is 5.11 Å². The molecular formula is C12H16N2O4S. The second kappa shape index (κ2) is 5.18. The largest absolute Gasteiger partial charge is 0.481 e. The maximum absolute atomic E-state index is 12.1. The molecule has 1 heterocycles. The molecule has 19 heavy (non-hydrogen) atoms. The van der Waals surface area contributed by atoms with Crippen LogP contribution in [0.2, 0.25) is 0 Å². The fourth-order valence-corrected chi connectivity index (χ4v) is 3.65. The van der Waals surface area contributed by atoms with Gasteiger partial charge in [-0.25, -0.2) is 0 Å². The highest BCUT2D eigenvalue weighted by Crippen LogP contribution is 2.39. The zero-order chi connectivity index (χ0) is 14.0. The van der Waals surface area contributed by atoms with Crippen LogP contribution in [0.4, 0.5) is 5.69 Å². The molecule has 0 spiro atoms. The molecule has 1 aliphatic heterocycles. The summed E-state index contributed by atoms with van der Waals surface area (Å²) in [5, 5.41) is 8.91. The van der Waals surface area contributed by atoms with E-state index < -0.39 is 16.2 Å². The van der Waals surface area contributed by atoms with Gasteiger partial charge in [0, 0.05) is 19.0 Å². The van der Waals surface area contributed by atoms with E-state index in [-0.39, 0.29) is 18.9 Å². The average Bonchev–Trinajstić information content (AvgIpc) is 2.69. The van der Waals surface area contributed by atoms with E-state index in [4.69, 9.17) is 5.11 Å². The number of hydrogen-bond acceptors (Lipinski definition) is 3. The fourth-order valence-electron chi connectivity index (χ4n) is 2.33. The van der Waals surface area contributed by atoms with Crippen LogP contribution in [0.5, 0.6) is 0 Å². The number of rotatable bonds is 5. The minimum Gasteiger partial charge on any atom is -0.481 e. The molecule has 1 aromatic rings. The lowest BCUT2D eigenvalue weighted by Gasteiger charge is -2.19. The lowest BCUT2D eigenvalue weighted by molar-refractivity contribution is -0.137. The van der Waals surface area contributed by atoms with Gasteiger partial charge in [-0.15, -0.1) is 0 Å². The Kier molecular flexibility index (Phi) is 3.77. The summed E-state index contributed by atoms with van der Waals surface area (Å²) in [7, 11) is -3.60. The zero-order valence-corrected chi connectivity index (χ0v) is 11.4.